The van der Waals surface area contributed by atoms with Crippen LogP contribution in [0.4, 0.5) is 11.4 Å². The van der Waals surface area contributed by atoms with E-state index in [-0.39, 0.29) is 23.4 Å². The van der Waals surface area contributed by atoms with Gasteiger partial charge < -0.3 is 10.6 Å². The van der Waals surface area contributed by atoms with E-state index in [0.717, 1.165) is 11.3 Å². The van der Waals surface area contributed by atoms with Crippen molar-refractivity contribution in [2.75, 3.05) is 17.2 Å². The maximum Gasteiger partial charge on any atom is 0.264 e. The van der Waals surface area contributed by atoms with Crippen molar-refractivity contribution < 1.29 is 9.59 Å². The molecule has 136 valence electrons. The zero-order valence-corrected chi connectivity index (χ0v) is 14.7. The molecule has 1 aromatic carbocycles. The van der Waals surface area contributed by atoms with Crippen molar-refractivity contribution in [1.29, 1.82) is 0 Å². The summed E-state index contributed by atoms with van der Waals surface area (Å²) in [5.74, 6) is -0.271. The number of anilines is 2. The minimum Gasteiger partial charge on any atom is -0.326 e. The summed E-state index contributed by atoms with van der Waals surface area (Å²) in [7, 11) is 0. The third-order valence-corrected chi connectivity index (χ3v) is 4.39. The van der Waals surface area contributed by atoms with Gasteiger partial charge in [-0.15, -0.1) is 0 Å². The summed E-state index contributed by atoms with van der Waals surface area (Å²) in [6.45, 7) is 4.49. The summed E-state index contributed by atoms with van der Waals surface area (Å²) >= 11 is 0. The highest BCUT2D eigenvalue weighted by Crippen LogP contribution is 2.19. The first-order chi connectivity index (χ1) is 12.4. The molecule has 1 unspecified atom stereocenters. The molecular formula is C18H21N5O3. The number of nitrogens with zero attached hydrogens (tertiary/aromatic N) is 2. The number of carbonyl (C=O) groups is 2. The smallest absolute Gasteiger partial charge is 0.264 e. The molecule has 1 aliphatic rings. The SMILES string of the molecule is CC(=O)Nc1ccc(NC(=O)C(C)N2CCc3n[nH]c(=O)cc3C2)cc1. The van der Waals surface area contributed by atoms with Crippen LogP contribution in [-0.2, 0) is 22.6 Å². The van der Waals surface area contributed by atoms with Crippen molar-refractivity contribution in [1.82, 2.24) is 15.1 Å². The van der Waals surface area contributed by atoms with Gasteiger partial charge in [0.25, 0.3) is 5.56 Å². The van der Waals surface area contributed by atoms with Gasteiger partial charge in [0.2, 0.25) is 11.8 Å². The summed E-state index contributed by atoms with van der Waals surface area (Å²) in [4.78, 5) is 37.0. The molecular weight excluding hydrogens is 334 g/mol. The number of H-pyrrole nitrogens is 1. The van der Waals surface area contributed by atoms with Crippen LogP contribution < -0.4 is 16.2 Å². The Morgan fingerprint density at radius 3 is 2.50 bits per heavy atom. The number of nitrogens with one attached hydrogen (secondary N) is 3. The lowest BCUT2D eigenvalue weighted by Gasteiger charge is -2.32. The molecule has 0 spiro atoms. The van der Waals surface area contributed by atoms with Crippen molar-refractivity contribution in [3.8, 4) is 0 Å². The molecule has 0 fully saturated rings. The average molecular weight is 355 g/mol. The van der Waals surface area contributed by atoms with E-state index < -0.39 is 0 Å². The number of hydrogen-bond donors (Lipinski definition) is 3. The molecule has 8 nitrogen and oxygen atoms in total. The highest BCUT2D eigenvalue weighted by Gasteiger charge is 2.26. The van der Waals surface area contributed by atoms with Gasteiger partial charge in [-0.3, -0.25) is 19.3 Å². The zero-order valence-electron chi connectivity index (χ0n) is 14.7. The van der Waals surface area contributed by atoms with Crippen LogP contribution >= 0.6 is 0 Å². The average Bonchev–Trinajstić information content (AvgIpc) is 2.61. The fourth-order valence-electron chi connectivity index (χ4n) is 2.95. The first-order valence-corrected chi connectivity index (χ1v) is 8.42. The number of amides is 2. The standard InChI is InChI=1S/C18H21N5O3/c1-11(23-8-7-16-13(10-23)9-17(25)22-21-16)18(26)20-15-5-3-14(4-6-15)19-12(2)24/h3-6,9,11H,7-8,10H2,1-2H3,(H,19,24)(H,20,26)(H,22,25). The van der Waals surface area contributed by atoms with Crippen LogP contribution in [0.2, 0.25) is 0 Å². The lowest BCUT2D eigenvalue weighted by Crippen LogP contribution is -2.45. The number of fused-ring (bicyclic) bond motifs is 1. The third kappa shape index (κ3) is 4.15. The second-order valence-corrected chi connectivity index (χ2v) is 6.35. The third-order valence-electron chi connectivity index (χ3n) is 4.39. The first-order valence-electron chi connectivity index (χ1n) is 8.42. The van der Waals surface area contributed by atoms with Crippen molar-refractivity contribution in [2.24, 2.45) is 0 Å². The summed E-state index contributed by atoms with van der Waals surface area (Å²) in [6.07, 6.45) is 0.690. The summed E-state index contributed by atoms with van der Waals surface area (Å²) in [5, 5.41) is 12.1. The van der Waals surface area contributed by atoms with Crippen molar-refractivity contribution in [2.45, 2.75) is 32.9 Å². The van der Waals surface area contributed by atoms with Crippen LogP contribution in [0.25, 0.3) is 0 Å². The quantitative estimate of drug-likeness (QED) is 0.762. The molecule has 1 aromatic heterocycles. The van der Waals surface area contributed by atoms with Crippen LogP contribution in [0.1, 0.15) is 25.1 Å². The van der Waals surface area contributed by atoms with Crippen molar-refractivity contribution in [3.05, 3.63) is 51.9 Å². The molecule has 0 bridgehead atoms. The van der Waals surface area contributed by atoms with Crippen LogP contribution in [-0.4, -0.2) is 39.5 Å². The second kappa shape index (κ2) is 7.49. The monoisotopic (exact) mass is 355 g/mol. The number of benzene rings is 1. The Bertz CT molecular complexity index is 875. The molecule has 3 N–H and O–H groups in total. The molecule has 8 heteroatoms. The minimum absolute atomic E-state index is 0.126. The lowest BCUT2D eigenvalue weighted by atomic mass is 10.0. The molecule has 0 saturated carbocycles. The molecule has 0 aliphatic carbocycles. The molecule has 0 saturated heterocycles. The molecule has 3 rings (SSSR count). The Hall–Kier alpha value is -3.00. The summed E-state index contributed by atoms with van der Waals surface area (Å²) in [6, 6.07) is 8.14. The predicted octanol–water partition coefficient (Wildman–Crippen LogP) is 1.11. The molecule has 2 amide bonds. The Balaban J connectivity index is 1.63. The van der Waals surface area contributed by atoms with E-state index in [9.17, 15) is 14.4 Å². The maximum absolute atomic E-state index is 12.5. The number of hydrogen-bond acceptors (Lipinski definition) is 5. The van der Waals surface area contributed by atoms with Gasteiger partial charge in [-0.05, 0) is 36.8 Å². The van der Waals surface area contributed by atoms with Gasteiger partial charge >= 0.3 is 0 Å². The fourth-order valence-corrected chi connectivity index (χ4v) is 2.95. The van der Waals surface area contributed by atoms with Crippen LogP contribution in [0, 0.1) is 0 Å². The van der Waals surface area contributed by atoms with E-state index in [2.05, 4.69) is 20.8 Å². The van der Waals surface area contributed by atoms with Gasteiger partial charge in [0, 0.05) is 43.9 Å². The van der Waals surface area contributed by atoms with Crippen molar-refractivity contribution in [3.63, 3.8) is 0 Å². The van der Waals surface area contributed by atoms with E-state index >= 15 is 0 Å². The van der Waals surface area contributed by atoms with E-state index in [1.54, 1.807) is 30.3 Å². The van der Waals surface area contributed by atoms with E-state index in [4.69, 9.17) is 0 Å². The molecule has 0 radical (unpaired) electrons. The molecule has 1 atom stereocenters. The van der Waals surface area contributed by atoms with Crippen LogP contribution in [0.5, 0.6) is 0 Å². The van der Waals surface area contributed by atoms with E-state index in [1.165, 1.54) is 6.92 Å². The largest absolute Gasteiger partial charge is 0.326 e. The van der Waals surface area contributed by atoms with Gasteiger partial charge in [-0.2, -0.15) is 5.10 Å². The van der Waals surface area contributed by atoms with Gasteiger partial charge in [-0.25, -0.2) is 5.10 Å². The Labute approximate surface area is 150 Å². The highest BCUT2D eigenvalue weighted by molar-refractivity contribution is 5.95. The Morgan fingerprint density at radius 2 is 1.85 bits per heavy atom. The number of carbonyl (C=O) groups excluding carboxylic acids is 2. The zero-order chi connectivity index (χ0) is 18.7. The minimum atomic E-state index is -0.350. The van der Waals surface area contributed by atoms with Gasteiger partial charge in [-0.1, -0.05) is 0 Å². The number of aromatic amines is 1. The van der Waals surface area contributed by atoms with Gasteiger partial charge in [0.05, 0.1) is 11.7 Å². The normalized spacial score (nSPS) is 15.0. The summed E-state index contributed by atoms with van der Waals surface area (Å²) < 4.78 is 0. The van der Waals surface area contributed by atoms with Gasteiger partial charge in [0.1, 0.15) is 0 Å². The topological polar surface area (TPSA) is 107 Å². The molecule has 2 aromatic rings. The predicted molar refractivity (Wildman–Crippen MR) is 97.8 cm³/mol. The van der Waals surface area contributed by atoms with E-state index in [1.807, 2.05) is 11.8 Å². The van der Waals surface area contributed by atoms with Crippen molar-refractivity contribution >= 4 is 23.2 Å². The summed E-state index contributed by atoms with van der Waals surface area (Å²) in [5.41, 5.74) is 2.84. The second-order valence-electron chi connectivity index (χ2n) is 6.35. The lowest BCUT2D eigenvalue weighted by molar-refractivity contribution is -0.121. The fraction of sp³-hybridized carbons (Fsp3) is 0.333. The Kier molecular flexibility index (Phi) is 5.13. The maximum atomic E-state index is 12.5. The molecule has 2 heterocycles. The number of aromatic nitrogens is 2. The van der Waals surface area contributed by atoms with Crippen LogP contribution in [0.3, 0.4) is 0 Å². The first kappa shape index (κ1) is 17.8. The number of rotatable bonds is 4. The van der Waals surface area contributed by atoms with Gasteiger partial charge in [0.15, 0.2) is 0 Å². The molecule has 1 aliphatic heterocycles. The molecule has 26 heavy (non-hydrogen) atoms. The Morgan fingerprint density at radius 1 is 1.19 bits per heavy atom. The highest BCUT2D eigenvalue weighted by atomic mass is 16.2. The van der Waals surface area contributed by atoms with E-state index in [0.29, 0.717) is 30.9 Å². The van der Waals surface area contributed by atoms with Crippen LogP contribution in [0.15, 0.2) is 35.1 Å².